The summed E-state index contributed by atoms with van der Waals surface area (Å²) >= 11 is 0. The summed E-state index contributed by atoms with van der Waals surface area (Å²) in [4.78, 5) is 29.4. The zero-order chi connectivity index (χ0) is 22.4. The number of carbonyl (C=O) groups is 2. The van der Waals surface area contributed by atoms with E-state index >= 15 is 0 Å². The molecule has 0 unspecified atom stereocenters. The average Bonchev–Trinajstić information content (AvgIpc) is 2.81. The van der Waals surface area contributed by atoms with Gasteiger partial charge in [-0.3, -0.25) is 9.59 Å². The van der Waals surface area contributed by atoms with E-state index in [9.17, 15) is 14.0 Å². The number of methoxy groups -OCH3 is 3. The molecule has 0 bridgehead atoms. The Morgan fingerprint density at radius 3 is 2.16 bits per heavy atom. The quantitative estimate of drug-likeness (QED) is 0.557. The molecule has 0 aliphatic carbocycles. The third kappa shape index (κ3) is 4.98. The summed E-state index contributed by atoms with van der Waals surface area (Å²) in [6.07, 6.45) is 0. The number of Topliss-reactive ketones (excluding diaryl/α,β-unsaturated/α-hetero) is 1. The van der Waals surface area contributed by atoms with Crippen LogP contribution in [-0.2, 0) is 0 Å². The minimum absolute atomic E-state index is 0.146. The van der Waals surface area contributed by atoms with Crippen molar-refractivity contribution >= 4 is 11.7 Å². The molecule has 0 aliphatic heterocycles. The maximum atomic E-state index is 13.2. The molecule has 0 saturated heterocycles. The lowest BCUT2D eigenvalue weighted by Gasteiger charge is -2.11. The van der Waals surface area contributed by atoms with Gasteiger partial charge in [0.15, 0.2) is 17.3 Å². The number of benzene rings is 2. The van der Waals surface area contributed by atoms with Crippen molar-refractivity contribution in [3.8, 4) is 28.5 Å². The number of halogens is 1. The number of pyridine rings is 1. The highest BCUT2D eigenvalue weighted by atomic mass is 19.1. The molecule has 31 heavy (non-hydrogen) atoms. The van der Waals surface area contributed by atoms with Gasteiger partial charge in [-0.05, 0) is 54.6 Å². The van der Waals surface area contributed by atoms with Gasteiger partial charge in [-0.1, -0.05) is 0 Å². The molecule has 0 saturated carbocycles. The molecule has 1 amide bonds. The summed E-state index contributed by atoms with van der Waals surface area (Å²) in [5, 5.41) is 2.58. The summed E-state index contributed by atoms with van der Waals surface area (Å²) in [6, 6.07) is 13.5. The minimum atomic E-state index is -0.443. The molecule has 7 nitrogen and oxygen atoms in total. The van der Waals surface area contributed by atoms with Crippen molar-refractivity contribution in [1.29, 1.82) is 0 Å². The van der Waals surface area contributed by atoms with E-state index in [1.165, 1.54) is 45.6 Å². The fraction of sp³-hybridized carbons (Fsp3) is 0.174. The van der Waals surface area contributed by atoms with Gasteiger partial charge in [-0.15, -0.1) is 0 Å². The molecule has 3 rings (SSSR count). The zero-order valence-electron chi connectivity index (χ0n) is 17.3. The molecule has 2 aromatic carbocycles. The van der Waals surface area contributed by atoms with E-state index in [-0.39, 0.29) is 23.8 Å². The first-order valence-electron chi connectivity index (χ1n) is 9.31. The van der Waals surface area contributed by atoms with E-state index in [1.54, 1.807) is 30.3 Å². The van der Waals surface area contributed by atoms with Gasteiger partial charge in [0.1, 0.15) is 23.0 Å². The fourth-order valence-electron chi connectivity index (χ4n) is 2.91. The topological polar surface area (TPSA) is 86.8 Å². The van der Waals surface area contributed by atoms with Crippen molar-refractivity contribution in [1.82, 2.24) is 10.3 Å². The molecule has 160 valence electrons. The predicted octanol–water partition coefficient (Wildman–Crippen LogP) is 3.53. The van der Waals surface area contributed by atoms with E-state index in [2.05, 4.69) is 10.3 Å². The number of carbonyl (C=O) groups excluding carboxylic acids is 2. The molecule has 0 spiro atoms. The van der Waals surface area contributed by atoms with Gasteiger partial charge >= 0.3 is 0 Å². The van der Waals surface area contributed by atoms with Gasteiger partial charge in [0.05, 0.1) is 27.9 Å². The van der Waals surface area contributed by atoms with E-state index in [1.807, 2.05) is 0 Å². The SMILES string of the molecule is COc1ccc(C(=O)NCC(=O)c2ccc(OC)c(-c3ccc(F)cc3)n2)cc1OC. The summed E-state index contributed by atoms with van der Waals surface area (Å²) < 4.78 is 28.9. The second-order valence-corrected chi connectivity index (χ2v) is 6.43. The Hall–Kier alpha value is -3.94. The number of nitrogens with zero attached hydrogens (tertiary/aromatic N) is 1. The highest BCUT2D eigenvalue weighted by Gasteiger charge is 2.16. The van der Waals surface area contributed by atoms with Crippen molar-refractivity contribution in [2.75, 3.05) is 27.9 Å². The van der Waals surface area contributed by atoms with Crippen LogP contribution in [0.1, 0.15) is 20.8 Å². The summed E-state index contributed by atoms with van der Waals surface area (Å²) in [5.74, 6) is 0.125. The highest BCUT2D eigenvalue weighted by Crippen LogP contribution is 2.29. The van der Waals surface area contributed by atoms with Crippen LogP contribution >= 0.6 is 0 Å². The summed E-state index contributed by atoms with van der Waals surface area (Å²) in [6.45, 7) is -0.255. The Kier molecular flexibility index (Phi) is 6.81. The van der Waals surface area contributed by atoms with Gasteiger partial charge in [-0.25, -0.2) is 9.37 Å². The highest BCUT2D eigenvalue weighted by molar-refractivity contribution is 6.01. The lowest BCUT2D eigenvalue weighted by atomic mass is 10.1. The minimum Gasteiger partial charge on any atom is -0.494 e. The second-order valence-electron chi connectivity index (χ2n) is 6.43. The van der Waals surface area contributed by atoms with Gasteiger partial charge < -0.3 is 19.5 Å². The monoisotopic (exact) mass is 424 g/mol. The number of ether oxygens (including phenoxy) is 3. The Bertz CT molecular complexity index is 1100. The number of rotatable bonds is 8. The van der Waals surface area contributed by atoms with Crippen LogP contribution in [-0.4, -0.2) is 44.5 Å². The fourth-order valence-corrected chi connectivity index (χ4v) is 2.91. The average molecular weight is 424 g/mol. The lowest BCUT2D eigenvalue weighted by molar-refractivity contribution is 0.0902. The van der Waals surface area contributed by atoms with Crippen molar-refractivity contribution in [2.45, 2.75) is 0 Å². The van der Waals surface area contributed by atoms with Crippen LogP contribution in [0.25, 0.3) is 11.3 Å². The molecule has 0 aliphatic rings. The normalized spacial score (nSPS) is 10.3. The number of aromatic nitrogens is 1. The van der Waals surface area contributed by atoms with E-state index in [0.717, 1.165) is 0 Å². The van der Waals surface area contributed by atoms with Crippen LogP contribution in [0.4, 0.5) is 4.39 Å². The molecule has 0 radical (unpaired) electrons. The van der Waals surface area contributed by atoms with E-state index in [4.69, 9.17) is 14.2 Å². The Balaban J connectivity index is 1.75. The maximum Gasteiger partial charge on any atom is 0.251 e. The standard InChI is InChI=1S/C23H21FN2O5/c1-29-19-10-6-15(12-21(19)31-3)23(28)25-13-18(27)17-9-11-20(30-2)22(26-17)14-4-7-16(24)8-5-14/h4-12H,13H2,1-3H3,(H,25,28). The molecule has 1 N–H and O–H groups in total. The smallest absolute Gasteiger partial charge is 0.251 e. The molecular formula is C23H21FN2O5. The largest absolute Gasteiger partial charge is 0.494 e. The maximum absolute atomic E-state index is 13.2. The number of amides is 1. The molecule has 1 heterocycles. The van der Waals surface area contributed by atoms with Crippen molar-refractivity contribution in [3.63, 3.8) is 0 Å². The second kappa shape index (κ2) is 9.71. The van der Waals surface area contributed by atoms with Crippen molar-refractivity contribution in [2.24, 2.45) is 0 Å². The molecule has 1 aromatic heterocycles. The Morgan fingerprint density at radius 2 is 1.52 bits per heavy atom. The van der Waals surface area contributed by atoms with Gasteiger partial charge in [-0.2, -0.15) is 0 Å². The molecule has 0 fully saturated rings. The van der Waals surface area contributed by atoms with Gasteiger partial charge in [0.2, 0.25) is 0 Å². The van der Waals surface area contributed by atoms with Crippen molar-refractivity contribution < 1.29 is 28.2 Å². The van der Waals surface area contributed by atoms with Crippen LogP contribution in [0, 0.1) is 5.82 Å². The van der Waals surface area contributed by atoms with Crippen LogP contribution in [0.3, 0.4) is 0 Å². The van der Waals surface area contributed by atoms with Gasteiger partial charge in [0, 0.05) is 11.1 Å². The molecule has 0 atom stereocenters. The summed E-state index contributed by atoms with van der Waals surface area (Å²) in [7, 11) is 4.45. The number of hydrogen-bond acceptors (Lipinski definition) is 6. The Labute approximate surface area is 178 Å². The van der Waals surface area contributed by atoms with Gasteiger partial charge in [0.25, 0.3) is 5.91 Å². The first kappa shape index (κ1) is 21.8. The van der Waals surface area contributed by atoms with Crippen LogP contribution in [0.2, 0.25) is 0 Å². The van der Waals surface area contributed by atoms with Crippen molar-refractivity contribution in [3.05, 3.63) is 71.7 Å². The number of ketones is 1. The third-order valence-electron chi connectivity index (χ3n) is 4.54. The summed E-state index contributed by atoms with van der Waals surface area (Å²) in [5.41, 5.74) is 1.47. The van der Waals surface area contributed by atoms with E-state index < -0.39 is 5.91 Å². The first-order valence-corrected chi connectivity index (χ1v) is 9.31. The first-order chi connectivity index (χ1) is 15.0. The van der Waals surface area contributed by atoms with Crippen LogP contribution < -0.4 is 19.5 Å². The molecule has 8 heteroatoms. The van der Waals surface area contributed by atoms with Crippen LogP contribution in [0.15, 0.2) is 54.6 Å². The number of nitrogens with one attached hydrogen (secondary N) is 1. The third-order valence-corrected chi connectivity index (χ3v) is 4.54. The number of hydrogen-bond donors (Lipinski definition) is 1. The van der Waals surface area contributed by atoms with E-state index in [0.29, 0.717) is 34.1 Å². The van der Waals surface area contributed by atoms with Crippen LogP contribution in [0.5, 0.6) is 17.2 Å². The molecule has 3 aromatic rings. The lowest BCUT2D eigenvalue weighted by Crippen LogP contribution is -2.30. The zero-order valence-corrected chi connectivity index (χ0v) is 17.3. The predicted molar refractivity (Wildman–Crippen MR) is 112 cm³/mol. The Morgan fingerprint density at radius 1 is 0.871 bits per heavy atom. The molecular weight excluding hydrogens is 403 g/mol.